The highest BCUT2D eigenvalue weighted by atomic mass is 127. The molecule has 0 radical (unpaired) electrons. The standard InChI is InChI=1S/C9H19N3S.HI/c1-2-5-11-9(10)12-7-8-4-3-6-13-8;/h8H,2-7H2,1H3,(H3,10,11,12);1H. The van der Waals surface area contributed by atoms with Crippen molar-refractivity contribution in [3.8, 4) is 0 Å². The average Bonchev–Trinajstić information content (AvgIpc) is 2.64. The lowest BCUT2D eigenvalue weighted by Crippen LogP contribution is -2.32. The van der Waals surface area contributed by atoms with Crippen molar-refractivity contribution in [1.82, 2.24) is 5.32 Å². The number of nitrogens with two attached hydrogens (primary N) is 1. The molecule has 3 nitrogen and oxygen atoms in total. The number of rotatable bonds is 4. The molecule has 0 aromatic heterocycles. The van der Waals surface area contributed by atoms with Crippen molar-refractivity contribution in [1.29, 1.82) is 0 Å². The van der Waals surface area contributed by atoms with E-state index >= 15 is 0 Å². The zero-order valence-electron chi connectivity index (χ0n) is 8.66. The van der Waals surface area contributed by atoms with E-state index in [1.54, 1.807) is 0 Å². The fourth-order valence-corrected chi connectivity index (χ4v) is 2.48. The van der Waals surface area contributed by atoms with Crippen LogP contribution in [0.15, 0.2) is 4.99 Å². The molecule has 0 spiro atoms. The zero-order valence-corrected chi connectivity index (χ0v) is 11.8. The summed E-state index contributed by atoms with van der Waals surface area (Å²) in [7, 11) is 0. The third-order valence-electron chi connectivity index (χ3n) is 2.05. The van der Waals surface area contributed by atoms with E-state index in [1.165, 1.54) is 18.6 Å². The van der Waals surface area contributed by atoms with Crippen LogP contribution in [0, 0.1) is 0 Å². The van der Waals surface area contributed by atoms with E-state index in [0.717, 1.165) is 19.5 Å². The number of hydrogen-bond donors (Lipinski definition) is 2. The minimum absolute atomic E-state index is 0. The Morgan fingerprint density at radius 3 is 3.00 bits per heavy atom. The number of thioether (sulfide) groups is 1. The summed E-state index contributed by atoms with van der Waals surface area (Å²) in [6.07, 6.45) is 3.73. The third kappa shape index (κ3) is 5.95. The molecule has 1 aliphatic rings. The van der Waals surface area contributed by atoms with Gasteiger partial charge in [-0.15, -0.1) is 24.0 Å². The van der Waals surface area contributed by atoms with Crippen molar-refractivity contribution in [2.24, 2.45) is 10.7 Å². The highest BCUT2D eigenvalue weighted by Gasteiger charge is 2.14. The Morgan fingerprint density at radius 1 is 1.64 bits per heavy atom. The summed E-state index contributed by atoms with van der Waals surface area (Å²) in [6.45, 7) is 3.92. The van der Waals surface area contributed by atoms with E-state index in [0.29, 0.717) is 11.2 Å². The summed E-state index contributed by atoms with van der Waals surface area (Å²) < 4.78 is 0. The van der Waals surface area contributed by atoms with Gasteiger partial charge in [-0.05, 0) is 25.0 Å². The van der Waals surface area contributed by atoms with Crippen LogP contribution in [0.3, 0.4) is 0 Å². The Kier molecular flexibility index (Phi) is 8.86. The largest absolute Gasteiger partial charge is 0.370 e. The summed E-state index contributed by atoms with van der Waals surface area (Å²) in [5.74, 6) is 1.90. The van der Waals surface area contributed by atoms with Gasteiger partial charge >= 0.3 is 0 Å². The Bertz CT molecular complexity index is 169. The van der Waals surface area contributed by atoms with Gasteiger partial charge < -0.3 is 11.1 Å². The molecule has 3 N–H and O–H groups in total. The molecule has 1 atom stereocenters. The van der Waals surface area contributed by atoms with Crippen molar-refractivity contribution < 1.29 is 0 Å². The predicted octanol–water partition coefficient (Wildman–Crippen LogP) is 1.81. The molecular formula is C9H20IN3S. The second-order valence-corrected chi connectivity index (χ2v) is 4.70. The second-order valence-electron chi connectivity index (χ2n) is 3.29. The Morgan fingerprint density at radius 2 is 2.43 bits per heavy atom. The van der Waals surface area contributed by atoms with Crippen LogP contribution < -0.4 is 11.1 Å². The van der Waals surface area contributed by atoms with Gasteiger partial charge in [0.1, 0.15) is 0 Å². The number of nitrogens with one attached hydrogen (secondary N) is 1. The average molecular weight is 329 g/mol. The maximum Gasteiger partial charge on any atom is 0.188 e. The van der Waals surface area contributed by atoms with Gasteiger partial charge in [0.2, 0.25) is 0 Å². The number of hydrogen-bond acceptors (Lipinski definition) is 2. The molecule has 0 aromatic rings. The van der Waals surface area contributed by atoms with E-state index in [9.17, 15) is 0 Å². The lowest BCUT2D eigenvalue weighted by atomic mass is 10.2. The van der Waals surface area contributed by atoms with E-state index < -0.39 is 0 Å². The quantitative estimate of drug-likeness (QED) is 0.470. The molecule has 5 heteroatoms. The Hall–Kier alpha value is 0.350. The minimum Gasteiger partial charge on any atom is -0.370 e. The van der Waals surface area contributed by atoms with Gasteiger partial charge in [-0.3, -0.25) is 4.99 Å². The first-order valence-corrected chi connectivity index (χ1v) is 6.03. The molecule has 0 aromatic carbocycles. The molecule has 1 fully saturated rings. The summed E-state index contributed by atoms with van der Waals surface area (Å²) in [4.78, 5) is 4.31. The molecule has 1 rings (SSSR count). The van der Waals surface area contributed by atoms with Gasteiger partial charge in [0.05, 0.1) is 6.54 Å². The van der Waals surface area contributed by atoms with Gasteiger partial charge in [-0.1, -0.05) is 6.92 Å². The minimum atomic E-state index is 0. The normalized spacial score (nSPS) is 21.8. The first-order chi connectivity index (χ1) is 6.33. The summed E-state index contributed by atoms with van der Waals surface area (Å²) in [5, 5.41) is 3.78. The van der Waals surface area contributed by atoms with Crippen LogP contribution >= 0.6 is 35.7 Å². The molecule has 1 unspecified atom stereocenters. The molecule has 1 aliphatic heterocycles. The second kappa shape index (κ2) is 8.64. The van der Waals surface area contributed by atoms with Gasteiger partial charge in [0.25, 0.3) is 0 Å². The lowest BCUT2D eigenvalue weighted by Gasteiger charge is -2.06. The molecule has 14 heavy (non-hydrogen) atoms. The van der Waals surface area contributed by atoms with Crippen LogP contribution in [0.4, 0.5) is 0 Å². The summed E-state index contributed by atoms with van der Waals surface area (Å²) >= 11 is 2.02. The van der Waals surface area contributed by atoms with Crippen molar-refractivity contribution >= 4 is 41.7 Å². The van der Waals surface area contributed by atoms with Crippen LogP contribution in [-0.2, 0) is 0 Å². The third-order valence-corrected chi connectivity index (χ3v) is 3.43. The summed E-state index contributed by atoms with van der Waals surface area (Å²) in [5.41, 5.74) is 5.67. The lowest BCUT2D eigenvalue weighted by molar-refractivity contribution is 0.774. The summed E-state index contributed by atoms with van der Waals surface area (Å²) in [6, 6.07) is 0. The molecule has 84 valence electrons. The van der Waals surface area contributed by atoms with Crippen molar-refractivity contribution in [2.45, 2.75) is 31.4 Å². The van der Waals surface area contributed by atoms with Crippen LogP contribution in [-0.4, -0.2) is 30.1 Å². The maximum atomic E-state index is 5.67. The van der Waals surface area contributed by atoms with Crippen LogP contribution in [0.2, 0.25) is 0 Å². The SMILES string of the molecule is CCCNC(N)=NCC1CCCS1.I. The monoisotopic (exact) mass is 329 g/mol. The number of aliphatic imine (C=N–C) groups is 1. The first kappa shape index (κ1) is 14.3. The van der Waals surface area contributed by atoms with E-state index in [4.69, 9.17) is 5.73 Å². The van der Waals surface area contributed by atoms with Crippen LogP contribution in [0.1, 0.15) is 26.2 Å². The molecule has 0 aliphatic carbocycles. The predicted molar refractivity (Wildman–Crippen MR) is 75.7 cm³/mol. The van der Waals surface area contributed by atoms with Crippen molar-refractivity contribution in [2.75, 3.05) is 18.8 Å². The number of halogens is 1. The smallest absolute Gasteiger partial charge is 0.188 e. The van der Waals surface area contributed by atoms with Gasteiger partial charge in [0.15, 0.2) is 5.96 Å². The van der Waals surface area contributed by atoms with E-state index in [2.05, 4.69) is 17.2 Å². The van der Waals surface area contributed by atoms with Crippen molar-refractivity contribution in [3.05, 3.63) is 0 Å². The topological polar surface area (TPSA) is 50.4 Å². The molecule has 1 heterocycles. The van der Waals surface area contributed by atoms with Crippen LogP contribution in [0.5, 0.6) is 0 Å². The molecule has 0 amide bonds. The molecule has 0 saturated carbocycles. The first-order valence-electron chi connectivity index (χ1n) is 4.98. The Balaban J connectivity index is 0.00000169. The fraction of sp³-hybridized carbons (Fsp3) is 0.889. The molecule has 1 saturated heterocycles. The van der Waals surface area contributed by atoms with E-state index in [1.807, 2.05) is 11.8 Å². The van der Waals surface area contributed by atoms with Gasteiger partial charge in [0, 0.05) is 11.8 Å². The van der Waals surface area contributed by atoms with E-state index in [-0.39, 0.29) is 24.0 Å². The van der Waals surface area contributed by atoms with Gasteiger partial charge in [-0.2, -0.15) is 11.8 Å². The highest BCUT2D eigenvalue weighted by molar-refractivity contribution is 14.0. The van der Waals surface area contributed by atoms with Gasteiger partial charge in [-0.25, -0.2) is 0 Å². The number of nitrogens with zero attached hydrogens (tertiary/aromatic N) is 1. The zero-order chi connectivity index (χ0) is 9.52. The number of guanidine groups is 1. The highest BCUT2D eigenvalue weighted by Crippen LogP contribution is 2.25. The molecular weight excluding hydrogens is 309 g/mol. The van der Waals surface area contributed by atoms with Crippen LogP contribution in [0.25, 0.3) is 0 Å². The molecule has 0 bridgehead atoms. The van der Waals surface area contributed by atoms with Crippen molar-refractivity contribution in [3.63, 3.8) is 0 Å². The Labute approximate surface area is 108 Å². The fourth-order valence-electron chi connectivity index (χ4n) is 1.30. The maximum absolute atomic E-state index is 5.67.